The minimum Gasteiger partial charge on any atom is -0.457 e. The van der Waals surface area contributed by atoms with Gasteiger partial charge in [-0.25, -0.2) is 4.98 Å². The second kappa shape index (κ2) is 8.24. The number of anilines is 2. The van der Waals surface area contributed by atoms with Crippen molar-refractivity contribution in [1.82, 2.24) is 14.5 Å². The van der Waals surface area contributed by atoms with Crippen molar-refractivity contribution in [2.45, 2.75) is 19.8 Å². The number of nitrogens with two attached hydrogens (primary N) is 1. The molecule has 2 aromatic heterocycles. The Morgan fingerprint density at radius 2 is 1.97 bits per heavy atom. The third-order valence-corrected chi connectivity index (χ3v) is 4.82. The van der Waals surface area contributed by atoms with E-state index in [1.807, 2.05) is 41.9 Å². The molecule has 0 fully saturated rings. The fourth-order valence-electron chi connectivity index (χ4n) is 3.28. The van der Waals surface area contributed by atoms with Crippen LogP contribution in [-0.4, -0.2) is 20.4 Å². The molecule has 3 N–H and O–H groups in total. The number of hydrogen-bond acceptors (Lipinski definition) is 5. The number of pyridine rings is 1. The first kappa shape index (κ1) is 19.4. The number of aryl methyl sites for hydroxylation is 2. The standard InChI is InChI=1S/C23H23N5O2/c1-3-15-5-4-6-16(11-15)26-23-27-20-14-18(7-8-21(20)28(23)2)30-19-9-10-25-17(12-19)13-22(24)29/h4-12,14H,3,13H2,1-2H3,(H2,24,29)(H,26,27). The number of nitrogens with zero attached hydrogens (tertiary/aromatic N) is 3. The number of carbonyl (C=O) groups excluding carboxylic acids is 1. The van der Waals surface area contributed by atoms with Gasteiger partial charge >= 0.3 is 0 Å². The number of amides is 1. The van der Waals surface area contributed by atoms with E-state index in [9.17, 15) is 4.79 Å². The third-order valence-electron chi connectivity index (χ3n) is 4.82. The summed E-state index contributed by atoms with van der Waals surface area (Å²) >= 11 is 0. The minimum absolute atomic E-state index is 0.0741. The van der Waals surface area contributed by atoms with Crippen molar-refractivity contribution in [1.29, 1.82) is 0 Å². The van der Waals surface area contributed by atoms with Gasteiger partial charge in [0.2, 0.25) is 11.9 Å². The summed E-state index contributed by atoms with van der Waals surface area (Å²) in [5, 5.41) is 3.39. The summed E-state index contributed by atoms with van der Waals surface area (Å²) in [6, 6.07) is 17.5. The fourth-order valence-corrected chi connectivity index (χ4v) is 3.28. The Morgan fingerprint density at radius 1 is 1.13 bits per heavy atom. The van der Waals surface area contributed by atoms with Crippen LogP contribution in [0.2, 0.25) is 0 Å². The summed E-state index contributed by atoms with van der Waals surface area (Å²) < 4.78 is 7.95. The largest absolute Gasteiger partial charge is 0.457 e. The maximum atomic E-state index is 11.1. The Hall–Kier alpha value is -3.87. The number of carbonyl (C=O) groups is 1. The molecule has 2 aromatic carbocycles. The molecule has 0 saturated carbocycles. The lowest BCUT2D eigenvalue weighted by molar-refractivity contribution is -0.117. The van der Waals surface area contributed by atoms with Crippen LogP contribution in [0.4, 0.5) is 11.6 Å². The maximum Gasteiger partial charge on any atom is 0.223 e. The number of rotatable bonds is 7. The van der Waals surface area contributed by atoms with E-state index in [4.69, 9.17) is 15.5 Å². The topological polar surface area (TPSA) is 95.1 Å². The van der Waals surface area contributed by atoms with Crippen LogP contribution >= 0.6 is 0 Å². The van der Waals surface area contributed by atoms with E-state index in [0.717, 1.165) is 29.1 Å². The highest BCUT2D eigenvalue weighted by Gasteiger charge is 2.10. The van der Waals surface area contributed by atoms with E-state index in [1.54, 1.807) is 18.3 Å². The zero-order valence-corrected chi connectivity index (χ0v) is 16.9. The highest BCUT2D eigenvalue weighted by molar-refractivity contribution is 5.81. The number of ether oxygens (including phenoxy) is 1. The highest BCUT2D eigenvalue weighted by Crippen LogP contribution is 2.28. The van der Waals surface area contributed by atoms with E-state index >= 15 is 0 Å². The van der Waals surface area contributed by atoms with Gasteiger partial charge in [-0.3, -0.25) is 9.78 Å². The summed E-state index contributed by atoms with van der Waals surface area (Å²) in [4.78, 5) is 20.0. The summed E-state index contributed by atoms with van der Waals surface area (Å²) in [6.45, 7) is 2.13. The lowest BCUT2D eigenvalue weighted by Crippen LogP contribution is -2.14. The van der Waals surface area contributed by atoms with Crippen molar-refractivity contribution in [2.24, 2.45) is 12.8 Å². The van der Waals surface area contributed by atoms with E-state index < -0.39 is 5.91 Å². The van der Waals surface area contributed by atoms with Gasteiger partial charge in [0.25, 0.3) is 0 Å². The van der Waals surface area contributed by atoms with Crippen LogP contribution in [0.15, 0.2) is 60.8 Å². The molecule has 7 heteroatoms. The molecular formula is C23H23N5O2. The lowest BCUT2D eigenvalue weighted by atomic mass is 10.1. The number of fused-ring (bicyclic) bond motifs is 1. The molecule has 0 saturated heterocycles. The second-order valence-corrected chi connectivity index (χ2v) is 7.05. The van der Waals surface area contributed by atoms with Gasteiger partial charge in [0.15, 0.2) is 0 Å². The van der Waals surface area contributed by atoms with Crippen LogP contribution in [0.1, 0.15) is 18.2 Å². The molecule has 0 aliphatic rings. The molecule has 0 spiro atoms. The number of benzene rings is 2. The molecule has 7 nitrogen and oxygen atoms in total. The first-order valence-corrected chi connectivity index (χ1v) is 9.75. The Morgan fingerprint density at radius 3 is 2.77 bits per heavy atom. The van der Waals surface area contributed by atoms with Crippen LogP contribution < -0.4 is 15.8 Å². The Balaban J connectivity index is 1.58. The van der Waals surface area contributed by atoms with Crippen molar-refractivity contribution < 1.29 is 9.53 Å². The molecule has 0 atom stereocenters. The Bertz CT molecular complexity index is 1220. The van der Waals surface area contributed by atoms with Gasteiger partial charge in [0.05, 0.1) is 23.1 Å². The Labute approximate surface area is 174 Å². The van der Waals surface area contributed by atoms with Crippen molar-refractivity contribution in [3.8, 4) is 11.5 Å². The van der Waals surface area contributed by atoms with Crippen molar-refractivity contribution in [3.63, 3.8) is 0 Å². The van der Waals surface area contributed by atoms with Gasteiger partial charge < -0.3 is 20.4 Å². The fraction of sp³-hybridized carbons (Fsp3) is 0.174. The SMILES string of the molecule is CCc1cccc(Nc2nc3cc(Oc4ccnc(CC(N)=O)c4)ccc3n2C)c1. The molecule has 4 aromatic rings. The van der Waals surface area contributed by atoms with Gasteiger partial charge in [0.1, 0.15) is 11.5 Å². The van der Waals surface area contributed by atoms with Gasteiger partial charge in [-0.1, -0.05) is 19.1 Å². The normalized spacial score (nSPS) is 10.9. The monoisotopic (exact) mass is 401 g/mol. The van der Waals surface area contributed by atoms with Crippen LogP contribution in [-0.2, 0) is 24.7 Å². The van der Waals surface area contributed by atoms with Crippen LogP contribution in [0.5, 0.6) is 11.5 Å². The van der Waals surface area contributed by atoms with E-state index in [-0.39, 0.29) is 6.42 Å². The van der Waals surface area contributed by atoms with Gasteiger partial charge in [-0.05, 0) is 42.3 Å². The number of hydrogen-bond donors (Lipinski definition) is 2. The van der Waals surface area contributed by atoms with Gasteiger partial charge in [-0.15, -0.1) is 0 Å². The molecule has 0 aliphatic heterocycles. The molecule has 0 bridgehead atoms. The van der Waals surface area contributed by atoms with Crippen molar-refractivity contribution in [3.05, 3.63) is 72.1 Å². The molecular weight excluding hydrogens is 378 g/mol. The minimum atomic E-state index is -0.431. The predicted molar refractivity (Wildman–Crippen MR) is 117 cm³/mol. The van der Waals surface area contributed by atoms with E-state index in [0.29, 0.717) is 17.2 Å². The van der Waals surface area contributed by atoms with E-state index in [1.165, 1.54) is 5.56 Å². The van der Waals surface area contributed by atoms with E-state index in [2.05, 4.69) is 29.4 Å². The Kier molecular flexibility index (Phi) is 5.34. The molecule has 30 heavy (non-hydrogen) atoms. The molecule has 4 rings (SSSR count). The lowest BCUT2D eigenvalue weighted by Gasteiger charge is -2.08. The number of aromatic nitrogens is 3. The van der Waals surface area contributed by atoms with Crippen LogP contribution in [0.25, 0.3) is 11.0 Å². The average molecular weight is 401 g/mol. The molecule has 0 radical (unpaired) electrons. The third kappa shape index (κ3) is 4.25. The van der Waals surface area contributed by atoms with Gasteiger partial charge in [0, 0.05) is 31.1 Å². The number of imidazole rings is 1. The first-order chi connectivity index (χ1) is 14.5. The van der Waals surface area contributed by atoms with Crippen molar-refractivity contribution >= 4 is 28.6 Å². The molecule has 0 aliphatic carbocycles. The van der Waals surface area contributed by atoms with Crippen LogP contribution in [0.3, 0.4) is 0 Å². The first-order valence-electron chi connectivity index (χ1n) is 9.75. The average Bonchev–Trinajstić information content (AvgIpc) is 3.02. The zero-order valence-electron chi connectivity index (χ0n) is 16.9. The smallest absolute Gasteiger partial charge is 0.223 e. The zero-order chi connectivity index (χ0) is 21.1. The maximum absolute atomic E-state index is 11.1. The number of nitrogens with one attached hydrogen (secondary N) is 1. The van der Waals surface area contributed by atoms with Crippen molar-refractivity contribution in [2.75, 3.05) is 5.32 Å². The van der Waals surface area contributed by atoms with Crippen LogP contribution in [0, 0.1) is 0 Å². The molecule has 1 amide bonds. The molecule has 0 unspecified atom stereocenters. The molecule has 152 valence electrons. The second-order valence-electron chi connectivity index (χ2n) is 7.05. The summed E-state index contributed by atoms with van der Waals surface area (Å²) in [6.07, 6.45) is 2.65. The highest BCUT2D eigenvalue weighted by atomic mass is 16.5. The summed E-state index contributed by atoms with van der Waals surface area (Å²) in [5.74, 6) is 1.56. The number of primary amides is 1. The quantitative estimate of drug-likeness (QED) is 0.486. The summed E-state index contributed by atoms with van der Waals surface area (Å²) in [7, 11) is 1.97. The molecule has 2 heterocycles. The predicted octanol–water partition coefficient (Wildman–Crippen LogP) is 4.09. The van der Waals surface area contributed by atoms with Gasteiger partial charge in [-0.2, -0.15) is 0 Å². The summed E-state index contributed by atoms with van der Waals surface area (Å²) in [5.41, 5.74) is 9.88.